The third-order valence-electron chi connectivity index (χ3n) is 5.24. The Balaban J connectivity index is 1.93. The molecular weight excluding hydrogens is 208 g/mol. The van der Waals surface area contributed by atoms with E-state index < -0.39 is 0 Å². The fourth-order valence-electron chi connectivity index (χ4n) is 3.35. The molecule has 17 heavy (non-hydrogen) atoms. The first kappa shape index (κ1) is 13.4. The second kappa shape index (κ2) is 5.27. The van der Waals surface area contributed by atoms with Crippen LogP contribution in [0, 0.1) is 11.3 Å². The first-order valence-electron chi connectivity index (χ1n) is 7.54. The highest BCUT2D eigenvalue weighted by Gasteiger charge is 2.39. The van der Waals surface area contributed by atoms with Crippen LogP contribution in [0.1, 0.15) is 53.4 Å². The van der Waals surface area contributed by atoms with Crippen molar-refractivity contribution in [3.05, 3.63) is 0 Å². The number of nitrogens with one attached hydrogen (secondary N) is 1. The Morgan fingerprint density at radius 3 is 2.53 bits per heavy atom. The summed E-state index contributed by atoms with van der Waals surface area (Å²) in [5, 5.41) is 3.70. The Hall–Kier alpha value is -0.0800. The van der Waals surface area contributed by atoms with Gasteiger partial charge >= 0.3 is 0 Å². The van der Waals surface area contributed by atoms with Gasteiger partial charge in [0.2, 0.25) is 0 Å². The summed E-state index contributed by atoms with van der Waals surface area (Å²) in [6.45, 7) is 13.2. The molecule has 2 unspecified atom stereocenters. The fourth-order valence-corrected chi connectivity index (χ4v) is 3.35. The van der Waals surface area contributed by atoms with Gasteiger partial charge in [0.25, 0.3) is 0 Å². The number of nitrogens with zero attached hydrogens (tertiary/aromatic N) is 1. The van der Waals surface area contributed by atoms with E-state index in [-0.39, 0.29) is 0 Å². The van der Waals surface area contributed by atoms with Crippen molar-refractivity contribution in [3.63, 3.8) is 0 Å². The lowest BCUT2D eigenvalue weighted by Crippen LogP contribution is -2.59. The maximum Gasteiger partial charge on any atom is 0.0218 e. The summed E-state index contributed by atoms with van der Waals surface area (Å²) < 4.78 is 0. The van der Waals surface area contributed by atoms with Crippen molar-refractivity contribution in [3.8, 4) is 0 Å². The Kier molecular flexibility index (Phi) is 4.14. The second-order valence-electron chi connectivity index (χ2n) is 6.74. The van der Waals surface area contributed by atoms with Crippen LogP contribution < -0.4 is 5.32 Å². The number of hydrogen-bond acceptors (Lipinski definition) is 2. The molecule has 1 saturated heterocycles. The summed E-state index contributed by atoms with van der Waals surface area (Å²) in [4.78, 5) is 2.75. The predicted molar refractivity (Wildman–Crippen MR) is 74.2 cm³/mol. The average Bonchev–Trinajstić information content (AvgIpc) is 2.25. The molecule has 2 aliphatic rings. The third-order valence-corrected chi connectivity index (χ3v) is 5.24. The first-order valence-corrected chi connectivity index (χ1v) is 7.54. The third kappa shape index (κ3) is 2.85. The Morgan fingerprint density at radius 1 is 1.35 bits per heavy atom. The van der Waals surface area contributed by atoms with Gasteiger partial charge in [-0.1, -0.05) is 27.2 Å². The molecule has 0 aromatic carbocycles. The average molecular weight is 238 g/mol. The van der Waals surface area contributed by atoms with Gasteiger partial charge in [-0.25, -0.2) is 0 Å². The minimum absolute atomic E-state index is 0.674. The Labute approximate surface area is 107 Å². The molecule has 0 amide bonds. The fraction of sp³-hybridized carbons (Fsp3) is 1.00. The molecule has 2 heteroatoms. The molecule has 0 spiro atoms. The molecule has 1 saturated carbocycles. The standard InChI is InChI=1S/C15H30N2/c1-5-15(7-6-8-15)11-17-10-14(12(2)3)16-9-13(17)4/h12-14,16H,5-11H2,1-4H3. The zero-order chi connectivity index (χ0) is 12.5. The molecule has 0 aromatic heterocycles. The van der Waals surface area contributed by atoms with Crippen LogP contribution in [0.4, 0.5) is 0 Å². The number of hydrogen-bond donors (Lipinski definition) is 1. The lowest BCUT2D eigenvalue weighted by molar-refractivity contribution is 0.0205. The molecule has 0 radical (unpaired) electrons. The summed E-state index contributed by atoms with van der Waals surface area (Å²) in [5.41, 5.74) is 0.674. The molecule has 0 bridgehead atoms. The van der Waals surface area contributed by atoms with Crippen LogP contribution in [0.2, 0.25) is 0 Å². The highest BCUT2D eigenvalue weighted by molar-refractivity contribution is 4.93. The molecule has 1 aliphatic carbocycles. The number of rotatable bonds is 4. The van der Waals surface area contributed by atoms with Crippen molar-refractivity contribution < 1.29 is 0 Å². The molecule has 2 rings (SSSR count). The van der Waals surface area contributed by atoms with E-state index in [2.05, 4.69) is 37.9 Å². The summed E-state index contributed by atoms with van der Waals surface area (Å²) in [6.07, 6.45) is 5.76. The first-order chi connectivity index (χ1) is 8.06. The Bertz CT molecular complexity index is 240. The lowest BCUT2D eigenvalue weighted by atomic mass is 9.66. The lowest BCUT2D eigenvalue weighted by Gasteiger charge is -2.49. The molecule has 2 fully saturated rings. The van der Waals surface area contributed by atoms with Gasteiger partial charge < -0.3 is 5.32 Å². The van der Waals surface area contributed by atoms with Crippen molar-refractivity contribution in [1.82, 2.24) is 10.2 Å². The van der Waals surface area contributed by atoms with Crippen LogP contribution in [0.5, 0.6) is 0 Å². The molecule has 0 aromatic rings. The summed E-state index contributed by atoms with van der Waals surface area (Å²) in [7, 11) is 0. The van der Waals surface area contributed by atoms with Crippen LogP contribution in [0.25, 0.3) is 0 Å². The molecule has 2 nitrogen and oxygen atoms in total. The van der Waals surface area contributed by atoms with E-state index in [1.807, 2.05) is 0 Å². The molecule has 2 atom stereocenters. The zero-order valence-corrected chi connectivity index (χ0v) is 12.1. The van der Waals surface area contributed by atoms with E-state index in [1.165, 1.54) is 45.3 Å². The highest BCUT2D eigenvalue weighted by atomic mass is 15.2. The SMILES string of the molecule is CCC1(CN2CC(C(C)C)NCC2C)CCC1. The van der Waals surface area contributed by atoms with Gasteiger partial charge in [-0.2, -0.15) is 0 Å². The van der Waals surface area contributed by atoms with Crippen LogP contribution in [-0.4, -0.2) is 36.6 Å². The van der Waals surface area contributed by atoms with Crippen LogP contribution >= 0.6 is 0 Å². The Morgan fingerprint density at radius 2 is 2.06 bits per heavy atom. The number of piperazine rings is 1. The second-order valence-corrected chi connectivity index (χ2v) is 6.74. The summed E-state index contributed by atoms with van der Waals surface area (Å²) in [5.74, 6) is 0.754. The minimum Gasteiger partial charge on any atom is -0.311 e. The maximum atomic E-state index is 3.70. The summed E-state index contributed by atoms with van der Waals surface area (Å²) in [6, 6.07) is 1.41. The topological polar surface area (TPSA) is 15.3 Å². The quantitative estimate of drug-likeness (QED) is 0.810. The molecule has 1 N–H and O–H groups in total. The zero-order valence-electron chi connectivity index (χ0n) is 12.1. The monoisotopic (exact) mass is 238 g/mol. The van der Waals surface area contributed by atoms with Crippen molar-refractivity contribution in [2.75, 3.05) is 19.6 Å². The van der Waals surface area contributed by atoms with Crippen LogP contribution in [-0.2, 0) is 0 Å². The molecule has 1 aliphatic heterocycles. The van der Waals surface area contributed by atoms with Crippen molar-refractivity contribution in [2.45, 2.75) is 65.5 Å². The summed E-state index contributed by atoms with van der Waals surface area (Å²) >= 11 is 0. The van der Waals surface area contributed by atoms with Crippen molar-refractivity contribution in [2.24, 2.45) is 11.3 Å². The molecule has 1 heterocycles. The van der Waals surface area contributed by atoms with Gasteiger partial charge in [0, 0.05) is 31.7 Å². The van der Waals surface area contributed by atoms with Gasteiger partial charge in [0.1, 0.15) is 0 Å². The van der Waals surface area contributed by atoms with E-state index in [1.54, 1.807) is 0 Å². The predicted octanol–water partition coefficient (Wildman–Crippen LogP) is 2.89. The minimum atomic E-state index is 0.674. The molecule has 100 valence electrons. The smallest absolute Gasteiger partial charge is 0.0218 e. The van der Waals surface area contributed by atoms with Gasteiger partial charge in [-0.15, -0.1) is 0 Å². The van der Waals surface area contributed by atoms with Gasteiger partial charge in [0.05, 0.1) is 0 Å². The van der Waals surface area contributed by atoms with Gasteiger partial charge in [-0.05, 0) is 37.5 Å². The van der Waals surface area contributed by atoms with Crippen LogP contribution in [0.3, 0.4) is 0 Å². The van der Waals surface area contributed by atoms with E-state index in [4.69, 9.17) is 0 Å². The van der Waals surface area contributed by atoms with E-state index in [0.717, 1.165) is 5.92 Å². The maximum absolute atomic E-state index is 3.70. The largest absolute Gasteiger partial charge is 0.311 e. The van der Waals surface area contributed by atoms with E-state index in [0.29, 0.717) is 17.5 Å². The van der Waals surface area contributed by atoms with Crippen LogP contribution in [0.15, 0.2) is 0 Å². The van der Waals surface area contributed by atoms with Crippen molar-refractivity contribution in [1.29, 1.82) is 0 Å². The van der Waals surface area contributed by atoms with Crippen molar-refractivity contribution >= 4 is 0 Å². The normalized spacial score (nSPS) is 33.7. The molecular formula is C15H30N2. The van der Waals surface area contributed by atoms with Gasteiger partial charge in [-0.3, -0.25) is 4.90 Å². The van der Waals surface area contributed by atoms with E-state index in [9.17, 15) is 0 Å². The highest BCUT2D eigenvalue weighted by Crippen LogP contribution is 2.44. The van der Waals surface area contributed by atoms with E-state index >= 15 is 0 Å². The van der Waals surface area contributed by atoms with Gasteiger partial charge in [0.15, 0.2) is 0 Å².